The molecule has 2 aliphatic rings. The Morgan fingerprint density at radius 3 is 2.23 bits per heavy atom. The Kier molecular flexibility index (Phi) is 5.76. The minimum Gasteiger partial charge on any atom is -0.395 e. The van der Waals surface area contributed by atoms with Crippen LogP contribution >= 0.6 is 0 Å². The summed E-state index contributed by atoms with van der Waals surface area (Å²) in [6, 6.07) is 0. The zero-order valence-electron chi connectivity index (χ0n) is 17.6. The zero-order chi connectivity index (χ0) is 21.4. The van der Waals surface area contributed by atoms with Gasteiger partial charge in [0, 0.05) is 66.3 Å². The predicted molar refractivity (Wildman–Crippen MR) is 112 cm³/mol. The van der Waals surface area contributed by atoms with Gasteiger partial charge in [-0.25, -0.2) is 4.79 Å². The van der Waals surface area contributed by atoms with Gasteiger partial charge in [-0.1, -0.05) is 0 Å². The van der Waals surface area contributed by atoms with E-state index in [1.807, 2.05) is 0 Å². The molecule has 0 bridgehead atoms. The number of hydrogen-bond donors (Lipinski definition) is 1. The number of aliphatic hydroxyl groups is 1. The van der Waals surface area contributed by atoms with Crippen LogP contribution in [0.15, 0.2) is 9.59 Å². The molecule has 11 heteroatoms. The first-order valence-corrected chi connectivity index (χ1v) is 10.4. The number of anilines is 1. The van der Waals surface area contributed by atoms with E-state index in [-0.39, 0.29) is 18.1 Å². The van der Waals surface area contributed by atoms with Crippen molar-refractivity contribution in [2.45, 2.75) is 19.4 Å². The lowest BCUT2D eigenvalue weighted by Gasteiger charge is -2.35. The van der Waals surface area contributed by atoms with Crippen molar-refractivity contribution in [1.82, 2.24) is 28.5 Å². The summed E-state index contributed by atoms with van der Waals surface area (Å²) in [7, 11) is 3.04. The van der Waals surface area contributed by atoms with Gasteiger partial charge in [-0.3, -0.25) is 28.5 Å². The number of hydrogen-bond acceptors (Lipinski definition) is 7. The van der Waals surface area contributed by atoms with E-state index in [0.29, 0.717) is 43.2 Å². The lowest BCUT2D eigenvalue weighted by molar-refractivity contribution is -0.119. The highest BCUT2D eigenvalue weighted by atomic mass is 16.3. The van der Waals surface area contributed by atoms with Crippen LogP contribution in [0, 0.1) is 0 Å². The second-order valence-corrected chi connectivity index (χ2v) is 8.00. The third kappa shape index (κ3) is 3.57. The fourth-order valence-electron chi connectivity index (χ4n) is 4.36. The van der Waals surface area contributed by atoms with Gasteiger partial charge in [-0.2, -0.15) is 4.98 Å². The van der Waals surface area contributed by atoms with E-state index in [1.54, 1.807) is 16.5 Å². The number of amides is 1. The number of rotatable bonds is 6. The Balaban J connectivity index is 1.50. The van der Waals surface area contributed by atoms with Crippen LogP contribution in [-0.4, -0.2) is 91.9 Å². The molecule has 0 aliphatic carbocycles. The number of β-amino-alcohol motifs (C(OH)–C–C–N with tert-alkyl or cyclic N) is 1. The van der Waals surface area contributed by atoms with E-state index in [9.17, 15) is 14.4 Å². The first-order valence-electron chi connectivity index (χ1n) is 10.4. The minimum absolute atomic E-state index is 0.00704. The Morgan fingerprint density at radius 1 is 0.900 bits per heavy atom. The lowest BCUT2D eigenvalue weighted by atomic mass is 10.2. The maximum atomic E-state index is 12.7. The first kappa shape index (κ1) is 20.8. The summed E-state index contributed by atoms with van der Waals surface area (Å²) >= 11 is 0. The molecular weight excluding hydrogens is 390 g/mol. The number of carbonyl (C=O) groups excluding carboxylic acids is 1. The van der Waals surface area contributed by atoms with Crippen LogP contribution in [0.3, 0.4) is 0 Å². The summed E-state index contributed by atoms with van der Waals surface area (Å²) in [4.78, 5) is 48.3. The number of carbonyl (C=O) groups is 1. The molecule has 0 radical (unpaired) electrons. The highest BCUT2D eigenvalue weighted by molar-refractivity contribution is 5.95. The van der Waals surface area contributed by atoms with Crippen molar-refractivity contribution < 1.29 is 9.90 Å². The zero-order valence-corrected chi connectivity index (χ0v) is 17.6. The molecule has 0 aromatic carbocycles. The minimum atomic E-state index is -0.429. The molecule has 4 rings (SSSR count). The van der Waals surface area contributed by atoms with Crippen molar-refractivity contribution in [3.05, 3.63) is 20.8 Å². The van der Waals surface area contributed by atoms with E-state index >= 15 is 0 Å². The average Bonchev–Trinajstić information content (AvgIpc) is 3.13. The van der Waals surface area contributed by atoms with Crippen LogP contribution in [0.5, 0.6) is 0 Å². The molecule has 0 saturated carbocycles. The molecule has 164 valence electrons. The third-order valence-electron chi connectivity index (χ3n) is 6.16. The molecule has 1 amide bonds. The molecule has 2 aliphatic heterocycles. The Bertz CT molecular complexity index is 1060. The van der Waals surface area contributed by atoms with Gasteiger partial charge in [0.25, 0.3) is 5.56 Å². The van der Waals surface area contributed by atoms with E-state index in [2.05, 4.69) is 14.8 Å². The maximum Gasteiger partial charge on any atom is 0.332 e. The van der Waals surface area contributed by atoms with Gasteiger partial charge < -0.3 is 14.6 Å². The molecule has 0 unspecified atom stereocenters. The third-order valence-corrected chi connectivity index (χ3v) is 6.16. The van der Waals surface area contributed by atoms with Gasteiger partial charge in [-0.05, 0) is 13.0 Å². The van der Waals surface area contributed by atoms with E-state index in [4.69, 9.17) is 5.11 Å². The van der Waals surface area contributed by atoms with Gasteiger partial charge in [-0.15, -0.1) is 0 Å². The molecule has 0 spiro atoms. The van der Waals surface area contributed by atoms with Crippen LogP contribution < -0.4 is 16.1 Å². The standard InChI is InChI=1S/C19H29N7O4/c1-21-16-15(17(29)22(2)19(21)30)26-7-4-14(28)25(18(26)20-16)6-3-5-23-8-10-24(11-9-23)12-13-27/h27H,3-13H2,1-2H3. The van der Waals surface area contributed by atoms with Crippen molar-refractivity contribution >= 4 is 23.0 Å². The highest BCUT2D eigenvalue weighted by Gasteiger charge is 2.30. The second kappa shape index (κ2) is 8.32. The van der Waals surface area contributed by atoms with Crippen LogP contribution in [0.1, 0.15) is 12.8 Å². The number of aromatic nitrogens is 4. The molecule has 1 fully saturated rings. The fourth-order valence-corrected chi connectivity index (χ4v) is 4.36. The molecule has 1 saturated heterocycles. The van der Waals surface area contributed by atoms with Gasteiger partial charge >= 0.3 is 5.69 Å². The topological polar surface area (TPSA) is 109 Å². The molecule has 11 nitrogen and oxygen atoms in total. The largest absolute Gasteiger partial charge is 0.395 e. The summed E-state index contributed by atoms with van der Waals surface area (Å²) in [6.45, 7) is 6.47. The number of nitrogens with zero attached hydrogens (tertiary/aromatic N) is 7. The Morgan fingerprint density at radius 2 is 1.57 bits per heavy atom. The van der Waals surface area contributed by atoms with E-state index < -0.39 is 5.69 Å². The summed E-state index contributed by atoms with van der Waals surface area (Å²) in [5.74, 6) is 0.444. The van der Waals surface area contributed by atoms with Gasteiger partial charge in [0.1, 0.15) is 0 Å². The van der Waals surface area contributed by atoms with Crippen LogP contribution in [0.2, 0.25) is 0 Å². The van der Waals surface area contributed by atoms with Crippen molar-refractivity contribution in [2.75, 3.05) is 57.3 Å². The molecule has 0 atom stereocenters. The van der Waals surface area contributed by atoms with Gasteiger partial charge in [0.05, 0.1) is 6.61 Å². The number of aryl methyl sites for hydroxylation is 2. The SMILES string of the molecule is Cn1c(=O)c2c(nc3n2CCC(=O)N3CCCN2CCN(CCO)CC2)n(C)c1=O. The molecule has 4 heterocycles. The summed E-state index contributed by atoms with van der Waals surface area (Å²) in [6.07, 6.45) is 1.11. The maximum absolute atomic E-state index is 12.7. The molecule has 2 aromatic heterocycles. The number of imidazole rings is 1. The first-order chi connectivity index (χ1) is 14.4. The van der Waals surface area contributed by atoms with Crippen molar-refractivity contribution in [3.63, 3.8) is 0 Å². The monoisotopic (exact) mass is 419 g/mol. The summed E-state index contributed by atoms with van der Waals surface area (Å²) < 4.78 is 4.21. The van der Waals surface area contributed by atoms with Crippen LogP contribution in [-0.2, 0) is 25.4 Å². The summed E-state index contributed by atoms with van der Waals surface area (Å²) in [5.41, 5.74) is -0.132. The van der Waals surface area contributed by atoms with Crippen LogP contribution in [0.25, 0.3) is 11.2 Å². The van der Waals surface area contributed by atoms with E-state index in [0.717, 1.165) is 43.7 Å². The fraction of sp³-hybridized carbons (Fsp3) is 0.684. The number of fused-ring (bicyclic) bond motifs is 3. The smallest absolute Gasteiger partial charge is 0.332 e. The molecule has 30 heavy (non-hydrogen) atoms. The number of piperazine rings is 1. The van der Waals surface area contributed by atoms with Crippen molar-refractivity contribution in [2.24, 2.45) is 14.1 Å². The number of aliphatic hydroxyl groups excluding tert-OH is 1. The quantitative estimate of drug-likeness (QED) is 0.587. The molecular formula is C19H29N7O4. The second-order valence-electron chi connectivity index (χ2n) is 8.00. The molecule has 1 N–H and O–H groups in total. The normalized spacial score (nSPS) is 18.4. The van der Waals surface area contributed by atoms with E-state index in [1.165, 1.54) is 11.6 Å². The lowest BCUT2D eigenvalue weighted by Crippen LogP contribution is -2.48. The van der Waals surface area contributed by atoms with Crippen LogP contribution in [0.4, 0.5) is 5.95 Å². The summed E-state index contributed by atoms with van der Waals surface area (Å²) in [5, 5.41) is 9.05. The van der Waals surface area contributed by atoms with Gasteiger partial charge in [0.2, 0.25) is 11.9 Å². The Hall–Kier alpha value is -2.50. The predicted octanol–water partition coefficient (Wildman–Crippen LogP) is -1.83. The highest BCUT2D eigenvalue weighted by Crippen LogP contribution is 2.25. The van der Waals surface area contributed by atoms with Crippen molar-refractivity contribution in [1.29, 1.82) is 0 Å². The average molecular weight is 419 g/mol. The molecule has 2 aromatic rings. The van der Waals surface area contributed by atoms with Gasteiger partial charge in [0.15, 0.2) is 11.2 Å². The van der Waals surface area contributed by atoms with Crippen molar-refractivity contribution in [3.8, 4) is 0 Å². The Labute approximate surface area is 173 Å².